The summed E-state index contributed by atoms with van der Waals surface area (Å²) in [5.74, 6) is 1.46. The minimum Gasteiger partial charge on any atom is -0.0907 e. The van der Waals surface area contributed by atoms with Crippen molar-refractivity contribution >= 4 is 17.2 Å². The Labute approximate surface area is 97.6 Å². The van der Waals surface area contributed by atoms with E-state index in [0.29, 0.717) is 0 Å². The SMILES string of the molecule is C1=C(PCPC2=CCCCC2)CCCC1. The topological polar surface area (TPSA) is 0 Å². The number of allylic oxidation sites excluding steroid dienone is 4. The molecule has 0 fully saturated rings. The maximum absolute atomic E-state index is 2.52. The van der Waals surface area contributed by atoms with Gasteiger partial charge >= 0.3 is 0 Å². The minimum absolute atomic E-state index is 1.14. The van der Waals surface area contributed by atoms with Crippen molar-refractivity contribution in [2.45, 2.75) is 51.4 Å². The van der Waals surface area contributed by atoms with Crippen molar-refractivity contribution in [3.05, 3.63) is 22.8 Å². The van der Waals surface area contributed by atoms with Gasteiger partial charge in [-0.05, 0) is 57.3 Å². The molecule has 0 aromatic carbocycles. The second-order valence-corrected chi connectivity index (χ2v) is 7.89. The Balaban J connectivity index is 1.65. The molecule has 0 bridgehead atoms. The molecular formula is C13H22P2. The van der Waals surface area contributed by atoms with Gasteiger partial charge in [-0.2, -0.15) is 0 Å². The van der Waals surface area contributed by atoms with E-state index in [1.54, 1.807) is 10.6 Å². The highest BCUT2D eigenvalue weighted by atomic mass is 31.1. The summed E-state index contributed by atoms with van der Waals surface area (Å²) in [6.45, 7) is 0. The molecule has 0 nitrogen and oxygen atoms in total. The minimum atomic E-state index is 1.14. The zero-order valence-electron chi connectivity index (χ0n) is 9.52. The third-order valence-corrected chi connectivity index (χ3v) is 6.44. The second-order valence-electron chi connectivity index (χ2n) is 4.48. The Morgan fingerprint density at radius 3 is 1.73 bits per heavy atom. The third-order valence-electron chi connectivity index (χ3n) is 3.21. The highest BCUT2D eigenvalue weighted by Gasteiger charge is 2.05. The lowest BCUT2D eigenvalue weighted by Crippen LogP contribution is -1.88. The summed E-state index contributed by atoms with van der Waals surface area (Å²) in [6, 6.07) is 0. The predicted molar refractivity (Wildman–Crippen MR) is 74.6 cm³/mol. The monoisotopic (exact) mass is 240 g/mol. The maximum Gasteiger partial charge on any atom is -0.0101 e. The van der Waals surface area contributed by atoms with E-state index in [-0.39, 0.29) is 0 Å². The largest absolute Gasteiger partial charge is 0.0907 e. The van der Waals surface area contributed by atoms with Crippen LogP contribution in [0.2, 0.25) is 0 Å². The van der Waals surface area contributed by atoms with E-state index in [1.165, 1.54) is 57.3 Å². The Morgan fingerprint density at radius 2 is 1.33 bits per heavy atom. The van der Waals surface area contributed by atoms with Crippen LogP contribution in [0.3, 0.4) is 0 Å². The lowest BCUT2D eigenvalue weighted by atomic mass is 10.1. The van der Waals surface area contributed by atoms with Crippen LogP contribution in [0.25, 0.3) is 0 Å². The van der Waals surface area contributed by atoms with Crippen LogP contribution in [0.5, 0.6) is 0 Å². The fourth-order valence-electron chi connectivity index (χ4n) is 2.27. The van der Waals surface area contributed by atoms with Gasteiger partial charge in [-0.25, -0.2) is 0 Å². The summed E-state index contributed by atoms with van der Waals surface area (Å²) >= 11 is 0. The summed E-state index contributed by atoms with van der Waals surface area (Å²) in [5, 5.41) is 3.57. The first-order valence-corrected chi connectivity index (χ1v) is 8.72. The molecule has 2 aliphatic rings. The molecule has 0 spiro atoms. The fourth-order valence-corrected chi connectivity index (χ4v) is 5.72. The molecule has 0 amide bonds. The first kappa shape index (κ1) is 11.8. The maximum atomic E-state index is 2.52. The van der Waals surface area contributed by atoms with Gasteiger partial charge in [0.05, 0.1) is 0 Å². The normalized spacial score (nSPS) is 23.7. The van der Waals surface area contributed by atoms with Crippen LogP contribution in [0, 0.1) is 0 Å². The number of hydrogen-bond donors (Lipinski definition) is 0. The molecule has 0 saturated carbocycles. The fraction of sp³-hybridized carbons (Fsp3) is 0.692. The molecule has 0 aromatic rings. The molecule has 2 aliphatic carbocycles. The Hall–Kier alpha value is 0.340. The summed E-state index contributed by atoms with van der Waals surface area (Å²) in [7, 11) is 2.28. The average molecular weight is 240 g/mol. The molecule has 84 valence electrons. The van der Waals surface area contributed by atoms with Crippen LogP contribution < -0.4 is 0 Å². The molecular weight excluding hydrogens is 218 g/mol. The van der Waals surface area contributed by atoms with Gasteiger partial charge in [-0.15, -0.1) is 0 Å². The van der Waals surface area contributed by atoms with Crippen LogP contribution in [-0.4, -0.2) is 5.90 Å². The lowest BCUT2D eigenvalue weighted by Gasteiger charge is -2.15. The van der Waals surface area contributed by atoms with Crippen molar-refractivity contribution in [2.75, 3.05) is 5.90 Å². The molecule has 0 saturated heterocycles. The lowest BCUT2D eigenvalue weighted by molar-refractivity contribution is 0.722. The van der Waals surface area contributed by atoms with Crippen LogP contribution in [0.4, 0.5) is 0 Å². The smallest absolute Gasteiger partial charge is 0.0101 e. The van der Waals surface area contributed by atoms with Gasteiger partial charge in [0, 0.05) is 0 Å². The van der Waals surface area contributed by atoms with E-state index in [1.807, 2.05) is 0 Å². The van der Waals surface area contributed by atoms with Crippen molar-refractivity contribution in [1.29, 1.82) is 0 Å². The first-order valence-electron chi connectivity index (χ1n) is 6.31. The summed E-state index contributed by atoms with van der Waals surface area (Å²) in [4.78, 5) is 0. The van der Waals surface area contributed by atoms with E-state index in [2.05, 4.69) is 12.2 Å². The molecule has 2 atom stereocenters. The van der Waals surface area contributed by atoms with Crippen LogP contribution in [0.1, 0.15) is 51.4 Å². The summed E-state index contributed by atoms with van der Waals surface area (Å²) < 4.78 is 0. The van der Waals surface area contributed by atoms with E-state index in [4.69, 9.17) is 0 Å². The van der Waals surface area contributed by atoms with Crippen molar-refractivity contribution in [1.82, 2.24) is 0 Å². The Morgan fingerprint density at radius 1 is 0.800 bits per heavy atom. The summed E-state index contributed by atoms with van der Waals surface area (Å²) in [5.41, 5.74) is 0. The molecule has 2 unspecified atom stereocenters. The molecule has 0 aliphatic heterocycles. The van der Waals surface area contributed by atoms with Gasteiger partial charge in [0.1, 0.15) is 0 Å². The number of hydrogen-bond acceptors (Lipinski definition) is 0. The van der Waals surface area contributed by atoms with Crippen molar-refractivity contribution in [3.8, 4) is 0 Å². The molecule has 15 heavy (non-hydrogen) atoms. The summed E-state index contributed by atoms with van der Waals surface area (Å²) in [6.07, 6.45) is 16.3. The van der Waals surface area contributed by atoms with E-state index >= 15 is 0 Å². The van der Waals surface area contributed by atoms with E-state index in [9.17, 15) is 0 Å². The highest BCUT2D eigenvalue weighted by molar-refractivity contribution is 7.60. The quantitative estimate of drug-likeness (QED) is 0.591. The van der Waals surface area contributed by atoms with E-state index in [0.717, 1.165) is 17.2 Å². The van der Waals surface area contributed by atoms with Gasteiger partial charge in [0.15, 0.2) is 0 Å². The van der Waals surface area contributed by atoms with Gasteiger partial charge in [0.25, 0.3) is 0 Å². The van der Waals surface area contributed by atoms with Gasteiger partial charge < -0.3 is 0 Å². The zero-order valence-corrected chi connectivity index (χ0v) is 11.5. The first-order chi connectivity index (χ1) is 7.45. The Bertz CT molecular complexity index is 227. The van der Waals surface area contributed by atoms with Crippen LogP contribution in [0.15, 0.2) is 22.8 Å². The Kier molecular flexibility index (Phi) is 5.37. The predicted octanol–water partition coefficient (Wildman–Crippen LogP) is 5.22. The molecule has 0 heterocycles. The molecule has 2 heteroatoms. The molecule has 0 aromatic heterocycles. The molecule has 0 N–H and O–H groups in total. The van der Waals surface area contributed by atoms with E-state index < -0.39 is 0 Å². The van der Waals surface area contributed by atoms with Crippen LogP contribution >= 0.6 is 17.2 Å². The molecule has 2 rings (SSSR count). The van der Waals surface area contributed by atoms with Gasteiger partial charge in [-0.3, -0.25) is 0 Å². The standard InChI is InChI=1S/C13H22P2/c1-3-7-12(8-4-1)14-11-15-13-9-5-2-6-10-13/h7,9,14-15H,1-6,8,10-11H2. The average Bonchev–Trinajstić information content (AvgIpc) is 2.32. The van der Waals surface area contributed by atoms with Gasteiger partial charge in [0.2, 0.25) is 0 Å². The molecule has 0 radical (unpaired) electrons. The zero-order chi connectivity index (χ0) is 10.3. The highest BCUT2D eigenvalue weighted by Crippen LogP contribution is 2.42. The van der Waals surface area contributed by atoms with Crippen molar-refractivity contribution in [3.63, 3.8) is 0 Å². The van der Waals surface area contributed by atoms with Gasteiger partial charge in [-0.1, -0.05) is 39.9 Å². The third kappa shape index (κ3) is 4.38. The second kappa shape index (κ2) is 6.82. The number of rotatable bonds is 4. The van der Waals surface area contributed by atoms with Crippen molar-refractivity contribution in [2.24, 2.45) is 0 Å². The van der Waals surface area contributed by atoms with Crippen molar-refractivity contribution < 1.29 is 0 Å². The van der Waals surface area contributed by atoms with Crippen LogP contribution in [-0.2, 0) is 0 Å².